The van der Waals surface area contributed by atoms with Crippen molar-refractivity contribution in [3.8, 4) is 0 Å². The summed E-state index contributed by atoms with van der Waals surface area (Å²) in [6.07, 6.45) is 0.803. The van der Waals surface area contributed by atoms with Gasteiger partial charge in [0.25, 0.3) is 0 Å². The Morgan fingerprint density at radius 3 is 2.27 bits per heavy atom. The van der Waals surface area contributed by atoms with Crippen LogP contribution in [0.3, 0.4) is 0 Å². The molecule has 1 heterocycles. The van der Waals surface area contributed by atoms with E-state index in [1.807, 2.05) is 26.8 Å². The van der Waals surface area contributed by atoms with Crippen LogP contribution in [0.2, 0.25) is 0 Å². The number of rotatable bonds is 2. The van der Waals surface area contributed by atoms with E-state index in [0.29, 0.717) is 38.1 Å². The molecule has 2 atom stereocenters. The van der Waals surface area contributed by atoms with Gasteiger partial charge in [-0.1, -0.05) is 30.3 Å². The van der Waals surface area contributed by atoms with Crippen LogP contribution in [0, 0.1) is 0 Å². The number of nitrogens with zero attached hydrogens (tertiary/aromatic N) is 3. The Morgan fingerprint density at radius 1 is 1.12 bits per heavy atom. The number of amides is 1. The Bertz CT molecular complexity index is 637. The van der Waals surface area contributed by atoms with E-state index in [1.54, 1.807) is 4.90 Å². The lowest BCUT2D eigenvalue weighted by Gasteiger charge is -2.36. The van der Waals surface area contributed by atoms with Crippen LogP contribution in [0.4, 0.5) is 4.79 Å². The molecule has 0 aromatic heterocycles. The first-order valence-electron chi connectivity index (χ1n) is 8.94. The standard InChI is InChI=1S/C19H28N4O2.HI/c1-19(2,3)25-18(24)23-11-9-22(10-12-23)17(20)21-16-13-15(16)14-7-5-4-6-8-14;/h4-8,15-16H,9-13H2,1-3H3,(H2,20,21);1H. The van der Waals surface area contributed by atoms with Crippen LogP contribution in [-0.2, 0) is 4.74 Å². The number of ether oxygens (including phenoxy) is 1. The van der Waals surface area contributed by atoms with Gasteiger partial charge in [0, 0.05) is 32.1 Å². The Morgan fingerprint density at radius 2 is 1.69 bits per heavy atom. The third-order valence-corrected chi connectivity index (χ3v) is 4.54. The van der Waals surface area contributed by atoms with Crippen LogP contribution in [-0.4, -0.2) is 59.7 Å². The van der Waals surface area contributed by atoms with Gasteiger partial charge in [0.15, 0.2) is 5.96 Å². The van der Waals surface area contributed by atoms with Crippen LogP contribution >= 0.6 is 24.0 Å². The smallest absolute Gasteiger partial charge is 0.410 e. The number of carbonyl (C=O) groups is 1. The molecule has 1 amide bonds. The van der Waals surface area contributed by atoms with Crippen molar-refractivity contribution < 1.29 is 9.53 Å². The van der Waals surface area contributed by atoms with Gasteiger partial charge in [0.05, 0.1) is 6.04 Å². The minimum Gasteiger partial charge on any atom is -0.444 e. The van der Waals surface area contributed by atoms with Gasteiger partial charge in [0.1, 0.15) is 5.60 Å². The monoisotopic (exact) mass is 472 g/mol. The van der Waals surface area contributed by atoms with Crippen molar-refractivity contribution in [2.45, 2.75) is 44.8 Å². The molecule has 1 aliphatic carbocycles. The van der Waals surface area contributed by atoms with E-state index in [0.717, 1.165) is 6.42 Å². The van der Waals surface area contributed by atoms with E-state index >= 15 is 0 Å². The summed E-state index contributed by atoms with van der Waals surface area (Å²) in [7, 11) is 0. The molecule has 2 unspecified atom stereocenters. The molecular formula is C19H29IN4O2. The van der Waals surface area contributed by atoms with Crippen LogP contribution < -0.4 is 5.73 Å². The first-order chi connectivity index (χ1) is 11.8. The number of benzene rings is 1. The highest BCUT2D eigenvalue weighted by Gasteiger charge is 2.39. The number of hydrogen-bond donors (Lipinski definition) is 1. The summed E-state index contributed by atoms with van der Waals surface area (Å²) in [6, 6.07) is 10.7. The molecule has 1 aromatic carbocycles. The van der Waals surface area contributed by atoms with Crippen molar-refractivity contribution >= 4 is 36.0 Å². The van der Waals surface area contributed by atoms with Crippen molar-refractivity contribution in [2.75, 3.05) is 26.2 Å². The Hall–Kier alpha value is -1.51. The van der Waals surface area contributed by atoms with Crippen LogP contribution in [0.15, 0.2) is 35.3 Å². The average Bonchev–Trinajstić information content (AvgIpc) is 3.33. The van der Waals surface area contributed by atoms with Crippen molar-refractivity contribution in [1.29, 1.82) is 0 Å². The lowest BCUT2D eigenvalue weighted by atomic mass is 10.1. The largest absolute Gasteiger partial charge is 0.444 e. The topological polar surface area (TPSA) is 71.2 Å². The molecular weight excluding hydrogens is 443 g/mol. The van der Waals surface area contributed by atoms with E-state index in [4.69, 9.17) is 10.5 Å². The molecule has 1 saturated heterocycles. The summed E-state index contributed by atoms with van der Waals surface area (Å²) in [5, 5.41) is 0. The lowest BCUT2D eigenvalue weighted by Crippen LogP contribution is -2.53. The number of nitrogens with two attached hydrogens (primary N) is 1. The van der Waals surface area contributed by atoms with Gasteiger partial charge in [-0.15, -0.1) is 24.0 Å². The summed E-state index contributed by atoms with van der Waals surface area (Å²) in [6.45, 7) is 8.24. The fourth-order valence-electron chi connectivity index (χ4n) is 3.08. The zero-order chi connectivity index (χ0) is 18.0. The highest BCUT2D eigenvalue weighted by Crippen LogP contribution is 2.43. The highest BCUT2D eigenvalue weighted by atomic mass is 127. The summed E-state index contributed by atoms with van der Waals surface area (Å²) >= 11 is 0. The number of piperazine rings is 1. The molecule has 1 aromatic rings. The molecule has 1 aliphatic heterocycles. The van der Waals surface area contributed by atoms with E-state index in [-0.39, 0.29) is 36.1 Å². The molecule has 2 aliphatic rings. The number of guanidine groups is 1. The maximum atomic E-state index is 12.1. The van der Waals surface area contributed by atoms with Gasteiger partial charge in [-0.25, -0.2) is 9.79 Å². The normalized spacial score (nSPS) is 23.3. The van der Waals surface area contributed by atoms with E-state index in [9.17, 15) is 4.79 Å². The third kappa shape index (κ3) is 5.49. The molecule has 26 heavy (non-hydrogen) atoms. The Kier molecular flexibility index (Phi) is 6.76. The summed E-state index contributed by atoms with van der Waals surface area (Å²) in [4.78, 5) is 20.6. The first-order valence-corrected chi connectivity index (χ1v) is 8.94. The van der Waals surface area contributed by atoms with Gasteiger partial charge < -0.3 is 20.3 Å². The van der Waals surface area contributed by atoms with Crippen molar-refractivity contribution in [3.63, 3.8) is 0 Å². The minimum absolute atomic E-state index is 0. The Labute approximate surface area is 172 Å². The third-order valence-electron chi connectivity index (χ3n) is 4.54. The number of carbonyl (C=O) groups excluding carboxylic acids is 1. The van der Waals surface area contributed by atoms with E-state index in [2.05, 4.69) is 34.2 Å². The SMILES string of the molecule is CC(C)(C)OC(=O)N1CCN(C(N)=NC2CC2c2ccccc2)CC1.I. The molecule has 2 N–H and O–H groups in total. The van der Waals surface area contributed by atoms with Gasteiger partial charge in [-0.05, 0) is 32.8 Å². The fraction of sp³-hybridized carbons (Fsp3) is 0.579. The van der Waals surface area contributed by atoms with E-state index in [1.165, 1.54) is 5.56 Å². The minimum atomic E-state index is -0.465. The lowest BCUT2D eigenvalue weighted by molar-refractivity contribution is 0.0186. The average molecular weight is 472 g/mol. The highest BCUT2D eigenvalue weighted by molar-refractivity contribution is 14.0. The second kappa shape index (κ2) is 8.45. The second-order valence-corrected chi connectivity index (χ2v) is 7.76. The van der Waals surface area contributed by atoms with E-state index < -0.39 is 5.60 Å². The van der Waals surface area contributed by atoms with Gasteiger partial charge in [-0.3, -0.25) is 0 Å². The van der Waals surface area contributed by atoms with Crippen molar-refractivity contribution in [1.82, 2.24) is 9.80 Å². The molecule has 0 bridgehead atoms. The number of aliphatic imine (C=N–C) groups is 1. The zero-order valence-corrected chi connectivity index (χ0v) is 18.1. The fourth-order valence-corrected chi connectivity index (χ4v) is 3.08. The van der Waals surface area contributed by atoms with Gasteiger partial charge in [-0.2, -0.15) is 0 Å². The quantitative estimate of drug-likeness (QED) is 0.408. The molecule has 1 saturated carbocycles. The number of hydrogen-bond acceptors (Lipinski definition) is 3. The zero-order valence-electron chi connectivity index (χ0n) is 15.7. The first kappa shape index (κ1) is 20.8. The van der Waals surface area contributed by atoms with Crippen LogP contribution in [0.1, 0.15) is 38.7 Å². The molecule has 6 nitrogen and oxygen atoms in total. The maximum absolute atomic E-state index is 12.1. The van der Waals surface area contributed by atoms with Crippen LogP contribution in [0.25, 0.3) is 0 Å². The molecule has 2 fully saturated rings. The Balaban J connectivity index is 0.00000243. The summed E-state index contributed by atoms with van der Waals surface area (Å²) in [5.74, 6) is 1.08. The summed E-state index contributed by atoms with van der Waals surface area (Å²) in [5.41, 5.74) is 7.06. The summed E-state index contributed by atoms with van der Waals surface area (Å²) < 4.78 is 5.42. The molecule has 0 radical (unpaired) electrons. The second-order valence-electron chi connectivity index (χ2n) is 7.76. The molecule has 144 valence electrons. The predicted octanol–water partition coefficient (Wildman–Crippen LogP) is 3.03. The molecule has 0 spiro atoms. The molecule has 7 heteroatoms. The van der Waals surface area contributed by atoms with Gasteiger partial charge >= 0.3 is 6.09 Å². The van der Waals surface area contributed by atoms with Crippen molar-refractivity contribution in [2.24, 2.45) is 10.7 Å². The predicted molar refractivity (Wildman–Crippen MR) is 114 cm³/mol. The maximum Gasteiger partial charge on any atom is 0.410 e. The van der Waals surface area contributed by atoms with Crippen LogP contribution in [0.5, 0.6) is 0 Å². The molecule has 3 rings (SSSR count). The van der Waals surface area contributed by atoms with Crippen molar-refractivity contribution in [3.05, 3.63) is 35.9 Å². The van der Waals surface area contributed by atoms with Gasteiger partial charge in [0.2, 0.25) is 0 Å². The number of halogens is 1.